The summed E-state index contributed by atoms with van der Waals surface area (Å²) >= 11 is 0. The molecule has 2 aromatic carbocycles. The zero-order valence-electron chi connectivity index (χ0n) is 18.2. The van der Waals surface area contributed by atoms with E-state index >= 15 is 0 Å². The second-order valence-corrected chi connectivity index (χ2v) is 8.70. The van der Waals surface area contributed by atoms with Gasteiger partial charge in [-0.1, -0.05) is 0 Å². The first-order valence-corrected chi connectivity index (χ1v) is 11.4. The van der Waals surface area contributed by atoms with Crippen LogP contribution in [0, 0.1) is 6.92 Å². The molecule has 1 amide bonds. The van der Waals surface area contributed by atoms with Crippen molar-refractivity contribution in [1.82, 2.24) is 19.5 Å². The smallest absolute Gasteiger partial charge is 0.261 e. The molecule has 0 aliphatic carbocycles. The highest BCUT2D eigenvalue weighted by Crippen LogP contribution is 2.26. The number of nitrogens with zero attached hydrogens (tertiary/aromatic N) is 4. The Labute approximate surface area is 195 Å². The summed E-state index contributed by atoms with van der Waals surface area (Å²) in [6, 6.07) is 11.8. The number of carbonyl (C=O) groups excluding carboxylic acids is 1. The van der Waals surface area contributed by atoms with Crippen molar-refractivity contribution in [2.75, 3.05) is 11.8 Å². The lowest BCUT2D eigenvalue weighted by Crippen LogP contribution is -2.16. The van der Waals surface area contributed by atoms with Crippen LogP contribution >= 0.6 is 0 Å². The Morgan fingerprint density at radius 3 is 2.47 bits per heavy atom. The fraction of sp³-hybridized carbons (Fsp3) is 0.0909. The molecule has 4 aromatic rings. The predicted octanol–water partition coefficient (Wildman–Crippen LogP) is 2.67. The first kappa shape index (κ1) is 22.7. The lowest BCUT2D eigenvalue weighted by molar-refractivity contribution is 0.0997. The Kier molecular flexibility index (Phi) is 6.15. The summed E-state index contributed by atoms with van der Waals surface area (Å²) in [5, 5.41) is 0. The normalized spacial score (nSPS) is 11.1. The Hall–Kier alpha value is -4.45. The number of methoxy groups -OCH3 is 1. The Balaban J connectivity index is 1.50. The van der Waals surface area contributed by atoms with Crippen LogP contribution in [0.15, 0.2) is 72.1 Å². The Morgan fingerprint density at radius 1 is 1.06 bits per heavy atom. The van der Waals surface area contributed by atoms with E-state index < -0.39 is 15.9 Å². The van der Waals surface area contributed by atoms with E-state index in [1.165, 1.54) is 37.7 Å². The van der Waals surface area contributed by atoms with Gasteiger partial charge in [-0.05, 0) is 49.4 Å². The van der Waals surface area contributed by atoms with Gasteiger partial charge in [0.25, 0.3) is 15.9 Å². The molecule has 0 atom stereocenters. The van der Waals surface area contributed by atoms with Gasteiger partial charge in [0, 0.05) is 24.1 Å². The number of imidazole rings is 1. The van der Waals surface area contributed by atoms with Crippen LogP contribution in [0.1, 0.15) is 16.2 Å². The largest absolute Gasteiger partial charge is 0.496 e. The maximum absolute atomic E-state index is 12.8. The monoisotopic (exact) mass is 480 g/mol. The van der Waals surface area contributed by atoms with Gasteiger partial charge >= 0.3 is 0 Å². The molecule has 11 nitrogen and oxygen atoms in total. The third-order valence-corrected chi connectivity index (χ3v) is 6.15. The molecule has 0 bridgehead atoms. The quantitative estimate of drug-likeness (QED) is 0.391. The molecule has 0 saturated heterocycles. The molecule has 0 spiro atoms. The van der Waals surface area contributed by atoms with Crippen molar-refractivity contribution in [2.45, 2.75) is 11.8 Å². The fourth-order valence-corrected chi connectivity index (χ4v) is 4.19. The van der Waals surface area contributed by atoms with Crippen molar-refractivity contribution in [3.05, 3.63) is 78.6 Å². The minimum atomic E-state index is -3.98. The summed E-state index contributed by atoms with van der Waals surface area (Å²) in [5.74, 6) is 1.50. The van der Waals surface area contributed by atoms with E-state index in [0.29, 0.717) is 23.1 Å². The van der Waals surface area contributed by atoms with Crippen molar-refractivity contribution in [3.63, 3.8) is 0 Å². The second kappa shape index (κ2) is 9.19. The van der Waals surface area contributed by atoms with Crippen LogP contribution in [-0.4, -0.2) is 41.0 Å². The van der Waals surface area contributed by atoms with Crippen molar-refractivity contribution in [2.24, 2.45) is 5.73 Å². The standard InChI is InChI=1S/C22H20N6O5S/c1-14-24-9-10-28(14)20-12-21(26-13-25-20)33-16-5-3-15(4-6-16)27-34(30,31)17-7-8-19(32-2)18(11-17)22(23)29/h3-13,27H,1-2H3,(H2,23,29). The maximum Gasteiger partial charge on any atom is 0.261 e. The summed E-state index contributed by atoms with van der Waals surface area (Å²) in [7, 11) is -2.62. The molecular formula is C22H20N6O5S. The fourth-order valence-electron chi connectivity index (χ4n) is 3.11. The number of amides is 1. The number of aromatic nitrogens is 4. The summed E-state index contributed by atoms with van der Waals surface area (Å²) in [4.78, 5) is 24.0. The van der Waals surface area contributed by atoms with E-state index in [1.54, 1.807) is 35.2 Å². The molecule has 2 heterocycles. The first-order valence-electron chi connectivity index (χ1n) is 9.88. The number of carbonyl (C=O) groups is 1. The molecule has 12 heteroatoms. The molecule has 174 valence electrons. The van der Waals surface area contributed by atoms with Gasteiger partial charge in [0.1, 0.15) is 29.5 Å². The first-order chi connectivity index (χ1) is 16.3. The van der Waals surface area contributed by atoms with E-state index in [0.717, 1.165) is 11.9 Å². The van der Waals surface area contributed by atoms with Gasteiger partial charge in [-0.25, -0.2) is 23.4 Å². The van der Waals surface area contributed by atoms with Crippen LogP contribution in [0.4, 0.5) is 5.69 Å². The number of benzene rings is 2. The predicted molar refractivity (Wildman–Crippen MR) is 123 cm³/mol. The highest BCUT2D eigenvalue weighted by Gasteiger charge is 2.19. The van der Waals surface area contributed by atoms with Crippen LogP contribution in [-0.2, 0) is 10.0 Å². The van der Waals surface area contributed by atoms with E-state index in [2.05, 4.69) is 19.7 Å². The van der Waals surface area contributed by atoms with E-state index in [1.807, 2.05) is 6.92 Å². The van der Waals surface area contributed by atoms with Crippen LogP contribution in [0.5, 0.6) is 17.4 Å². The average Bonchev–Trinajstić information content (AvgIpc) is 3.25. The van der Waals surface area contributed by atoms with Gasteiger partial charge < -0.3 is 15.2 Å². The number of ether oxygens (including phenoxy) is 2. The third kappa shape index (κ3) is 4.81. The molecule has 2 aromatic heterocycles. The molecule has 0 aliphatic rings. The van der Waals surface area contributed by atoms with Crippen LogP contribution in [0.2, 0.25) is 0 Å². The Morgan fingerprint density at radius 2 is 1.82 bits per heavy atom. The number of hydrogen-bond donors (Lipinski definition) is 2. The summed E-state index contributed by atoms with van der Waals surface area (Å²) < 4.78 is 40.6. The van der Waals surface area contributed by atoms with Crippen LogP contribution < -0.4 is 19.9 Å². The van der Waals surface area contributed by atoms with Crippen molar-refractivity contribution in [3.8, 4) is 23.2 Å². The van der Waals surface area contributed by atoms with Crippen molar-refractivity contribution >= 4 is 21.6 Å². The maximum atomic E-state index is 12.8. The average molecular weight is 481 g/mol. The number of anilines is 1. The highest BCUT2D eigenvalue weighted by atomic mass is 32.2. The van der Waals surface area contributed by atoms with Crippen molar-refractivity contribution in [1.29, 1.82) is 0 Å². The van der Waals surface area contributed by atoms with Gasteiger partial charge in [-0.3, -0.25) is 14.1 Å². The van der Waals surface area contributed by atoms with E-state index in [4.69, 9.17) is 15.2 Å². The van der Waals surface area contributed by atoms with Gasteiger partial charge in [0.15, 0.2) is 0 Å². The minimum absolute atomic E-state index is 0.0378. The summed E-state index contributed by atoms with van der Waals surface area (Å²) in [5.41, 5.74) is 5.57. The highest BCUT2D eigenvalue weighted by molar-refractivity contribution is 7.92. The van der Waals surface area contributed by atoms with Gasteiger partial charge in [0.2, 0.25) is 5.88 Å². The number of hydrogen-bond acceptors (Lipinski definition) is 8. The number of rotatable bonds is 8. The number of nitrogens with two attached hydrogens (primary N) is 1. The third-order valence-electron chi connectivity index (χ3n) is 4.78. The van der Waals surface area contributed by atoms with Crippen molar-refractivity contribution < 1.29 is 22.7 Å². The topological polar surface area (TPSA) is 151 Å². The summed E-state index contributed by atoms with van der Waals surface area (Å²) in [6.45, 7) is 1.85. The Bertz CT molecular complexity index is 1450. The lowest BCUT2D eigenvalue weighted by atomic mass is 10.2. The molecule has 0 saturated carbocycles. The molecule has 0 unspecified atom stereocenters. The minimum Gasteiger partial charge on any atom is -0.496 e. The number of nitrogens with one attached hydrogen (secondary N) is 1. The van der Waals surface area contributed by atoms with Crippen LogP contribution in [0.25, 0.3) is 5.82 Å². The zero-order chi connectivity index (χ0) is 24.3. The number of primary amides is 1. The molecule has 0 radical (unpaired) electrons. The van der Waals surface area contributed by atoms with E-state index in [-0.39, 0.29) is 16.2 Å². The number of sulfonamides is 1. The zero-order valence-corrected chi connectivity index (χ0v) is 19.0. The lowest BCUT2D eigenvalue weighted by Gasteiger charge is -2.12. The van der Waals surface area contributed by atoms with Gasteiger partial charge in [-0.15, -0.1) is 0 Å². The van der Waals surface area contributed by atoms with E-state index in [9.17, 15) is 13.2 Å². The summed E-state index contributed by atoms with van der Waals surface area (Å²) in [6.07, 6.45) is 4.82. The SMILES string of the molecule is COc1ccc(S(=O)(=O)Nc2ccc(Oc3cc(-n4ccnc4C)ncn3)cc2)cc1C(N)=O. The molecular weight excluding hydrogens is 460 g/mol. The second-order valence-electron chi connectivity index (χ2n) is 7.02. The van der Waals surface area contributed by atoms with Crippen LogP contribution in [0.3, 0.4) is 0 Å². The van der Waals surface area contributed by atoms with Gasteiger partial charge in [0.05, 0.1) is 17.6 Å². The molecule has 4 rings (SSSR count). The van der Waals surface area contributed by atoms with Gasteiger partial charge in [-0.2, -0.15) is 0 Å². The molecule has 0 fully saturated rings. The number of aryl methyl sites for hydroxylation is 1. The molecule has 3 N–H and O–H groups in total. The molecule has 0 aliphatic heterocycles. The molecule has 34 heavy (non-hydrogen) atoms.